The highest BCUT2D eigenvalue weighted by molar-refractivity contribution is 7.99. The van der Waals surface area contributed by atoms with Crippen LogP contribution in [-0.2, 0) is 0 Å². The van der Waals surface area contributed by atoms with Crippen molar-refractivity contribution in [3.63, 3.8) is 0 Å². The molecule has 2 nitrogen and oxygen atoms in total. The van der Waals surface area contributed by atoms with Crippen molar-refractivity contribution >= 4 is 47.1 Å². The Labute approximate surface area is 178 Å². The average molecular weight is 423 g/mol. The summed E-state index contributed by atoms with van der Waals surface area (Å²) in [6.07, 6.45) is 3.81. The lowest BCUT2D eigenvalue weighted by molar-refractivity contribution is 0.251. The zero-order valence-corrected chi connectivity index (χ0v) is 18.5. The molecule has 1 saturated heterocycles. The minimum absolute atomic E-state index is 0. The van der Waals surface area contributed by atoms with Gasteiger partial charge in [0, 0.05) is 33.3 Å². The summed E-state index contributed by atoms with van der Waals surface area (Å²) >= 11 is 8.24. The van der Waals surface area contributed by atoms with Gasteiger partial charge in [0.15, 0.2) is 0 Å². The molecular formula is C22H28Cl2N2S. The van der Waals surface area contributed by atoms with E-state index in [4.69, 9.17) is 11.6 Å². The largest absolute Gasteiger partial charge is 0.339 e. The number of halogens is 2. The summed E-state index contributed by atoms with van der Waals surface area (Å²) in [4.78, 5) is 7.81. The fourth-order valence-corrected chi connectivity index (χ4v) is 5.79. The van der Waals surface area contributed by atoms with E-state index in [0.717, 1.165) is 18.1 Å². The lowest BCUT2D eigenvalue weighted by Crippen LogP contribution is -2.38. The molecule has 27 heavy (non-hydrogen) atoms. The van der Waals surface area contributed by atoms with Crippen LogP contribution in [0, 0.1) is 5.41 Å². The number of hydrogen-bond donors (Lipinski definition) is 0. The molecule has 0 aliphatic carbocycles. The van der Waals surface area contributed by atoms with Gasteiger partial charge in [0.05, 0.1) is 11.4 Å². The van der Waals surface area contributed by atoms with Crippen LogP contribution in [0.25, 0.3) is 0 Å². The zero-order valence-electron chi connectivity index (χ0n) is 16.1. The molecule has 1 unspecified atom stereocenters. The monoisotopic (exact) mass is 422 g/mol. The van der Waals surface area contributed by atoms with Crippen LogP contribution < -0.4 is 4.90 Å². The fourth-order valence-electron chi connectivity index (χ4n) is 4.55. The molecule has 0 saturated carbocycles. The van der Waals surface area contributed by atoms with Crippen molar-refractivity contribution in [3.05, 3.63) is 47.5 Å². The fraction of sp³-hybridized carbons (Fsp3) is 0.455. The molecule has 0 aromatic heterocycles. The van der Waals surface area contributed by atoms with Gasteiger partial charge in [-0.1, -0.05) is 55.8 Å². The van der Waals surface area contributed by atoms with Gasteiger partial charge in [0.1, 0.15) is 0 Å². The Bertz CT molecular complexity index is 798. The number of likely N-dealkylation sites (tertiary alicyclic amines) is 1. The molecule has 0 amide bonds. The maximum atomic E-state index is 6.38. The third-order valence-electron chi connectivity index (χ3n) is 5.83. The van der Waals surface area contributed by atoms with Crippen molar-refractivity contribution in [1.29, 1.82) is 0 Å². The molecule has 146 valence electrons. The molecule has 0 bridgehead atoms. The first-order valence-corrected chi connectivity index (χ1v) is 10.9. The van der Waals surface area contributed by atoms with Crippen LogP contribution in [0.2, 0.25) is 5.02 Å². The van der Waals surface area contributed by atoms with E-state index in [2.05, 4.69) is 60.0 Å². The van der Waals surface area contributed by atoms with Gasteiger partial charge in [-0.05, 0) is 56.3 Å². The molecule has 0 spiro atoms. The Morgan fingerprint density at radius 2 is 1.85 bits per heavy atom. The quantitative estimate of drug-likeness (QED) is 0.518. The number of hydrogen-bond acceptors (Lipinski definition) is 3. The molecular weight excluding hydrogens is 395 g/mol. The lowest BCUT2D eigenvalue weighted by Gasteiger charge is -2.40. The summed E-state index contributed by atoms with van der Waals surface area (Å²) in [7, 11) is 0. The highest BCUT2D eigenvalue weighted by Gasteiger charge is 2.40. The molecule has 2 aliphatic heterocycles. The Balaban J connectivity index is 0.00000210. The average Bonchev–Trinajstić information content (AvgIpc) is 3.05. The first-order chi connectivity index (χ1) is 12.6. The van der Waals surface area contributed by atoms with E-state index in [1.54, 1.807) is 0 Å². The Morgan fingerprint density at radius 1 is 1.07 bits per heavy atom. The number of rotatable bonds is 5. The molecule has 2 aromatic carbocycles. The minimum atomic E-state index is 0. The standard InChI is InChI=1S/C22H27ClN2S.ClH/c1-3-11-22(12-13-24(4-2)15-22)16-25-18-7-5-6-8-20(18)26-21-10-9-17(23)14-19(21)25;/h5-10,14H,3-4,11-13,15-16H2,1-2H3;1H. The number of para-hydroxylation sites is 1. The molecule has 4 rings (SSSR count). The Kier molecular flexibility index (Phi) is 6.68. The van der Waals surface area contributed by atoms with Crippen LogP contribution >= 0.6 is 35.8 Å². The number of fused-ring (bicyclic) bond motifs is 2. The summed E-state index contributed by atoms with van der Waals surface area (Å²) in [6, 6.07) is 15.1. The van der Waals surface area contributed by atoms with Crippen molar-refractivity contribution in [2.24, 2.45) is 5.41 Å². The van der Waals surface area contributed by atoms with Crippen LogP contribution in [0.3, 0.4) is 0 Å². The topological polar surface area (TPSA) is 6.48 Å². The van der Waals surface area contributed by atoms with Crippen LogP contribution in [0.1, 0.15) is 33.1 Å². The minimum Gasteiger partial charge on any atom is -0.339 e. The predicted octanol–water partition coefficient (Wildman–Crippen LogP) is 6.88. The number of benzene rings is 2. The van der Waals surface area contributed by atoms with Crippen molar-refractivity contribution in [1.82, 2.24) is 4.90 Å². The second kappa shape index (κ2) is 8.65. The highest BCUT2D eigenvalue weighted by Crippen LogP contribution is 2.50. The molecule has 2 aromatic rings. The van der Waals surface area contributed by atoms with E-state index in [1.807, 2.05) is 17.8 Å². The number of nitrogens with zero attached hydrogens (tertiary/aromatic N) is 2. The van der Waals surface area contributed by atoms with E-state index in [-0.39, 0.29) is 12.4 Å². The molecule has 0 N–H and O–H groups in total. The predicted molar refractivity (Wildman–Crippen MR) is 120 cm³/mol. The van der Waals surface area contributed by atoms with E-state index in [0.29, 0.717) is 5.41 Å². The van der Waals surface area contributed by atoms with Crippen LogP contribution in [0.5, 0.6) is 0 Å². The van der Waals surface area contributed by atoms with Crippen molar-refractivity contribution < 1.29 is 0 Å². The third kappa shape index (κ3) is 4.12. The van der Waals surface area contributed by atoms with E-state index >= 15 is 0 Å². The Hall–Kier alpha value is -0.870. The second-order valence-corrected chi connectivity index (χ2v) is 9.16. The van der Waals surface area contributed by atoms with Crippen LogP contribution in [0.15, 0.2) is 52.3 Å². The maximum Gasteiger partial charge on any atom is 0.0567 e. The molecule has 1 fully saturated rings. The Morgan fingerprint density at radius 3 is 2.59 bits per heavy atom. The van der Waals surface area contributed by atoms with Gasteiger partial charge < -0.3 is 9.80 Å². The van der Waals surface area contributed by atoms with Gasteiger partial charge in [-0.25, -0.2) is 0 Å². The second-order valence-electron chi connectivity index (χ2n) is 7.64. The van der Waals surface area contributed by atoms with E-state index in [9.17, 15) is 0 Å². The third-order valence-corrected chi connectivity index (χ3v) is 7.19. The summed E-state index contributed by atoms with van der Waals surface area (Å²) in [5.74, 6) is 0. The number of anilines is 2. The van der Waals surface area contributed by atoms with Gasteiger partial charge in [-0.2, -0.15) is 0 Å². The first-order valence-electron chi connectivity index (χ1n) is 9.70. The highest BCUT2D eigenvalue weighted by atomic mass is 35.5. The van der Waals surface area contributed by atoms with E-state index < -0.39 is 0 Å². The van der Waals surface area contributed by atoms with Gasteiger partial charge in [-0.3, -0.25) is 0 Å². The van der Waals surface area contributed by atoms with Crippen molar-refractivity contribution in [2.45, 2.75) is 42.9 Å². The van der Waals surface area contributed by atoms with Gasteiger partial charge in [0.25, 0.3) is 0 Å². The molecule has 1 atom stereocenters. The molecule has 5 heteroatoms. The summed E-state index contributed by atoms with van der Waals surface area (Å²) in [6.45, 7) is 9.26. The van der Waals surface area contributed by atoms with Crippen molar-refractivity contribution in [2.75, 3.05) is 31.1 Å². The van der Waals surface area contributed by atoms with Crippen molar-refractivity contribution in [3.8, 4) is 0 Å². The molecule has 2 heterocycles. The lowest BCUT2D eigenvalue weighted by atomic mass is 9.81. The van der Waals surface area contributed by atoms with E-state index in [1.165, 1.54) is 53.5 Å². The van der Waals surface area contributed by atoms with Gasteiger partial charge in [0.2, 0.25) is 0 Å². The zero-order chi connectivity index (χ0) is 18.1. The smallest absolute Gasteiger partial charge is 0.0567 e. The van der Waals surface area contributed by atoms with Gasteiger partial charge in [-0.15, -0.1) is 12.4 Å². The SMILES string of the molecule is CCCC1(CN2c3ccccc3Sc3ccc(Cl)cc32)CCN(CC)C1.Cl. The molecule has 2 aliphatic rings. The van der Waals surface area contributed by atoms with Crippen LogP contribution in [0.4, 0.5) is 11.4 Å². The normalized spacial score (nSPS) is 21.5. The maximum absolute atomic E-state index is 6.38. The summed E-state index contributed by atoms with van der Waals surface area (Å²) in [5.41, 5.74) is 2.96. The molecule has 0 radical (unpaired) electrons. The first kappa shape index (κ1) is 20.9. The summed E-state index contributed by atoms with van der Waals surface area (Å²) in [5, 5.41) is 0.819. The van der Waals surface area contributed by atoms with Crippen LogP contribution in [-0.4, -0.2) is 31.1 Å². The van der Waals surface area contributed by atoms with Gasteiger partial charge >= 0.3 is 0 Å². The summed E-state index contributed by atoms with van der Waals surface area (Å²) < 4.78 is 0.